The van der Waals surface area contributed by atoms with Crippen LogP contribution >= 0.6 is 0 Å². The van der Waals surface area contributed by atoms with E-state index < -0.39 is 0 Å². The minimum atomic E-state index is 0.524. The van der Waals surface area contributed by atoms with Crippen LogP contribution in [0, 0.1) is 5.92 Å². The zero-order chi connectivity index (χ0) is 12.3. The molecule has 1 aliphatic rings. The topological polar surface area (TPSA) is 47.3 Å². The summed E-state index contributed by atoms with van der Waals surface area (Å²) in [6, 6.07) is 6.40. The maximum absolute atomic E-state index is 5.88. The van der Waals surface area contributed by atoms with Gasteiger partial charge in [0.05, 0.1) is 6.61 Å². The van der Waals surface area contributed by atoms with E-state index in [4.69, 9.17) is 10.5 Å². The Balaban J connectivity index is 2.02. The molecule has 0 aromatic heterocycles. The molecule has 0 saturated heterocycles. The number of nitrogen functional groups attached to an aromatic ring is 1. The highest BCUT2D eigenvalue weighted by atomic mass is 16.5. The molecular weight excluding hydrogens is 212 g/mol. The average molecular weight is 234 g/mol. The maximum atomic E-state index is 5.88. The Hall–Kier alpha value is -1.38. The first kappa shape index (κ1) is 12.1. The fourth-order valence-corrected chi connectivity index (χ4v) is 1.99. The third kappa shape index (κ3) is 3.55. The molecule has 17 heavy (non-hydrogen) atoms. The molecule has 0 radical (unpaired) electrons. The molecule has 94 valence electrons. The van der Waals surface area contributed by atoms with E-state index in [0.717, 1.165) is 36.1 Å². The summed E-state index contributed by atoms with van der Waals surface area (Å²) in [7, 11) is 0. The van der Waals surface area contributed by atoms with Crippen LogP contribution in [0.25, 0.3) is 0 Å². The van der Waals surface area contributed by atoms with E-state index in [1.54, 1.807) is 0 Å². The first-order chi connectivity index (χ1) is 8.19. The van der Waals surface area contributed by atoms with Gasteiger partial charge in [-0.3, -0.25) is 0 Å². The number of hydrogen-bond acceptors (Lipinski definition) is 3. The summed E-state index contributed by atoms with van der Waals surface area (Å²) in [5, 5.41) is 3.50. The molecule has 1 saturated carbocycles. The molecule has 0 bridgehead atoms. The van der Waals surface area contributed by atoms with E-state index in [9.17, 15) is 0 Å². The average Bonchev–Trinajstić information content (AvgIpc) is 3.09. The number of nitrogens with two attached hydrogens (primary N) is 1. The predicted molar refractivity (Wildman–Crippen MR) is 72.4 cm³/mol. The van der Waals surface area contributed by atoms with Crippen LogP contribution in [0.1, 0.15) is 33.1 Å². The summed E-state index contributed by atoms with van der Waals surface area (Å²) in [4.78, 5) is 0. The molecule has 1 atom stereocenters. The molecule has 2 rings (SSSR count). The molecule has 3 heteroatoms. The van der Waals surface area contributed by atoms with Crippen molar-refractivity contribution in [2.24, 2.45) is 5.92 Å². The largest absolute Gasteiger partial charge is 0.493 e. The third-order valence-corrected chi connectivity index (χ3v) is 3.13. The molecule has 1 unspecified atom stereocenters. The summed E-state index contributed by atoms with van der Waals surface area (Å²) in [5.74, 6) is 1.69. The zero-order valence-electron chi connectivity index (χ0n) is 10.7. The van der Waals surface area contributed by atoms with Crippen molar-refractivity contribution in [3.8, 4) is 5.75 Å². The molecule has 1 aliphatic carbocycles. The third-order valence-electron chi connectivity index (χ3n) is 3.13. The first-order valence-corrected chi connectivity index (χ1v) is 6.49. The van der Waals surface area contributed by atoms with Gasteiger partial charge in [-0.2, -0.15) is 0 Å². The number of anilines is 2. The van der Waals surface area contributed by atoms with Crippen LogP contribution in [-0.2, 0) is 0 Å². The van der Waals surface area contributed by atoms with E-state index in [2.05, 4.69) is 19.2 Å². The van der Waals surface area contributed by atoms with Gasteiger partial charge in [0.1, 0.15) is 5.75 Å². The Morgan fingerprint density at radius 2 is 2.18 bits per heavy atom. The van der Waals surface area contributed by atoms with Crippen molar-refractivity contribution >= 4 is 11.4 Å². The summed E-state index contributed by atoms with van der Waals surface area (Å²) < 4.78 is 5.61. The molecule has 0 aliphatic heterocycles. The quantitative estimate of drug-likeness (QED) is 0.743. The standard InChI is InChI=1S/C14H22N2O/c1-3-6-17-14-8-12(15)7-13(9-14)16-10(2)11-4-5-11/h7-11,16H,3-6,15H2,1-2H3. The lowest BCUT2D eigenvalue weighted by Crippen LogP contribution is -2.17. The van der Waals surface area contributed by atoms with E-state index >= 15 is 0 Å². The van der Waals surface area contributed by atoms with E-state index in [-0.39, 0.29) is 0 Å². The minimum absolute atomic E-state index is 0.524. The van der Waals surface area contributed by atoms with E-state index in [1.807, 2.05) is 18.2 Å². The van der Waals surface area contributed by atoms with Gasteiger partial charge in [-0.25, -0.2) is 0 Å². The Labute approximate surface area is 103 Å². The van der Waals surface area contributed by atoms with E-state index in [1.165, 1.54) is 12.8 Å². The number of benzene rings is 1. The Morgan fingerprint density at radius 3 is 2.82 bits per heavy atom. The van der Waals surface area contributed by atoms with Gasteiger partial charge < -0.3 is 15.8 Å². The lowest BCUT2D eigenvalue weighted by molar-refractivity contribution is 0.318. The Bertz CT molecular complexity index is 374. The van der Waals surface area contributed by atoms with Gasteiger partial charge in [0.25, 0.3) is 0 Å². The molecule has 1 aromatic rings. The molecule has 1 fully saturated rings. The van der Waals surface area contributed by atoms with Gasteiger partial charge in [-0.05, 0) is 38.2 Å². The molecule has 3 N–H and O–H groups in total. The van der Waals surface area contributed by atoms with Crippen LogP contribution in [0.4, 0.5) is 11.4 Å². The fraction of sp³-hybridized carbons (Fsp3) is 0.571. The van der Waals surface area contributed by atoms with Gasteiger partial charge in [-0.1, -0.05) is 6.92 Å². The van der Waals surface area contributed by atoms with Crippen LogP contribution in [0.15, 0.2) is 18.2 Å². The highest BCUT2D eigenvalue weighted by Gasteiger charge is 2.27. The highest BCUT2D eigenvalue weighted by molar-refractivity contribution is 5.59. The smallest absolute Gasteiger partial charge is 0.123 e. The number of ether oxygens (including phenoxy) is 1. The SMILES string of the molecule is CCCOc1cc(N)cc(NC(C)C2CC2)c1. The van der Waals surface area contributed by atoms with Crippen LogP contribution in [0.3, 0.4) is 0 Å². The summed E-state index contributed by atoms with van der Waals surface area (Å²) in [6.45, 7) is 5.06. The number of hydrogen-bond donors (Lipinski definition) is 2. The lowest BCUT2D eigenvalue weighted by atomic mass is 10.2. The van der Waals surface area contributed by atoms with Gasteiger partial charge in [0.15, 0.2) is 0 Å². The van der Waals surface area contributed by atoms with Crippen molar-refractivity contribution in [3.05, 3.63) is 18.2 Å². The van der Waals surface area contributed by atoms with Gasteiger partial charge in [0, 0.05) is 29.5 Å². The zero-order valence-corrected chi connectivity index (χ0v) is 10.7. The van der Waals surface area contributed by atoms with Crippen molar-refractivity contribution in [2.75, 3.05) is 17.7 Å². The Morgan fingerprint density at radius 1 is 1.41 bits per heavy atom. The van der Waals surface area contributed by atoms with Crippen LogP contribution in [0.2, 0.25) is 0 Å². The van der Waals surface area contributed by atoms with Gasteiger partial charge in [0.2, 0.25) is 0 Å². The van der Waals surface area contributed by atoms with Crippen molar-refractivity contribution in [2.45, 2.75) is 39.2 Å². The second kappa shape index (κ2) is 5.30. The predicted octanol–water partition coefficient (Wildman–Crippen LogP) is 3.27. The van der Waals surface area contributed by atoms with Crippen molar-refractivity contribution in [1.82, 2.24) is 0 Å². The second-order valence-electron chi connectivity index (χ2n) is 4.91. The maximum Gasteiger partial charge on any atom is 0.123 e. The van der Waals surface area contributed by atoms with E-state index in [0.29, 0.717) is 6.04 Å². The molecule has 0 heterocycles. The summed E-state index contributed by atoms with van der Waals surface area (Å²) in [6.07, 6.45) is 3.70. The number of rotatable bonds is 6. The summed E-state index contributed by atoms with van der Waals surface area (Å²) >= 11 is 0. The number of nitrogens with one attached hydrogen (secondary N) is 1. The normalized spacial score (nSPS) is 16.6. The van der Waals surface area contributed by atoms with Crippen molar-refractivity contribution < 1.29 is 4.74 Å². The van der Waals surface area contributed by atoms with Gasteiger partial charge >= 0.3 is 0 Å². The highest BCUT2D eigenvalue weighted by Crippen LogP contribution is 2.34. The molecule has 0 spiro atoms. The minimum Gasteiger partial charge on any atom is -0.493 e. The van der Waals surface area contributed by atoms with Crippen molar-refractivity contribution in [1.29, 1.82) is 0 Å². The molecule has 1 aromatic carbocycles. The van der Waals surface area contributed by atoms with Crippen LogP contribution < -0.4 is 15.8 Å². The van der Waals surface area contributed by atoms with Gasteiger partial charge in [-0.15, -0.1) is 0 Å². The van der Waals surface area contributed by atoms with Crippen LogP contribution in [-0.4, -0.2) is 12.6 Å². The van der Waals surface area contributed by atoms with Crippen molar-refractivity contribution in [3.63, 3.8) is 0 Å². The molecule has 3 nitrogen and oxygen atoms in total. The van der Waals surface area contributed by atoms with Crippen LogP contribution in [0.5, 0.6) is 5.75 Å². The second-order valence-corrected chi connectivity index (χ2v) is 4.91. The first-order valence-electron chi connectivity index (χ1n) is 6.49. The monoisotopic (exact) mass is 234 g/mol. The molecular formula is C14H22N2O. The summed E-state index contributed by atoms with van der Waals surface area (Å²) in [5.41, 5.74) is 7.70. The fourth-order valence-electron chi connectivity index (χ4n) is 1.99. The lowest BCUT2D eigenvalue weighted by Gasteiger charge is -2.16. The molecule has 0 amide bonds. The Kier molecular flexibility index (Phi) is 3.77.